The molecule has 0 bridgehead atoms. The number of para-hydroxylation sites is 2. The molecule has 0 spiro atoms. The smallest absolute Gasteiger partial charge is 0.143 e. The fraction of sp³-hybridized carbons (Fsp3) is 0. The highest BCUT2D eigenvalue weighted by Gasteiger charge is 2.21. The van der Waals surface area contributed by atoms with Crippen LogP contribution in [-0.4, -0.2) is 4.57 Å². The maximum atomic E-state index is 9.86. The van der Waals surface area contributed by atoms with Crippen LogP contribution in [0.25, 0.3) is 93.2 Å². The second-order valence-electron chi connectivity index (χ2n) is 14.1. The molecular weight excluding hydrogens is 717 g/mol. The van der Waals surface area contributed by atoms with E-state index in [0.717, 1.165) is 38.3 Å². The van der Waals surface area contributed by atoms with Crippen molar-refractivity contribution in [2.24, 2.45) is 0 Å². The van der Waals surface area contributed by atoms with Crippen molar-refractivity contribution in [3.05, 3.63) is 218 Å². The Labute approximate surface area is 362 Å². The largest absolute Gasteiger partial charge is 0.455 e. The summed E-state index contributed by atoms with van der Waals surface area (Å²) < 4.78 is 147. The lowest BCUT2D eigenvalue weighted by molar-refractivity contribution is 0.672. The van der Waals surface area contributed by atoms with E-state index in [-0.39, 0.29) is 11.3 Å². The van der Waals surface area contributed by atoms with Gasteiger partial charge >= 0.3 is 0 Å². The van der Waals surface area contributed by atoms with Crippen LogP contribution in [-0.2, 0) is 0 Å². The number of furan rings is 1. The van der Waals surface area contributed by atoms with Gasteiger partial charge in [-0.05, 0) is 111 Å². The average molecular weight is 768 g/mol. The average Bonchev–Trinajstić information content (AvgIpc) is 3.98. The van der Waals surface area contributed by atoms with Gasteiger partial charge in [0.15, 0.2) is 0 Å². The molecule has 0 atom stereocenters. The lowest BCUT2D eigenvalue weighted by Crippen LogP contribution is -2.10. The van der Waals surface area contributed by atoms with Crippen LogP contribution in [0.3, 0.4) is 0 Å². The molecular formula is C56H36N2O. The Morgan fingerprint density at radius 3 is 2.00 bits per heavy atom. The first kappa shape index (κ1) is 21.6. The quantitative estimate of drug-likeness (QED) is 0.168. The maximum absolute atomic E-state index is 9.86. The number of aromatic nitrogens is 1. The van der Waals surface area contributed by atoms with Gasteiger partial charge < -0.3 is 13.9 Å². The van der Waals surface area contributed by atoms with Crippen LogP contribution in [0.15, 0.2) is 222 Å². The van der Waals surface area contributed by atoms with E-state index in [9.17, 15) is 11.0 Å². The van der Waals surface area contributed by atoms with Gasteiger partial charge in [-0.3, -0.25) is 0 Å². The molecule has 0 aliphatic heterocycles. The molecule has 276 valence electrons. The number of anilines is 3. The number of benzene rings is 10. The van der Waals surface area contributed by atoms with Crippen molar-refractivity contribution < 1.29 is 25.0 Å². The van der Waals surface area contributed by atoms with Gasteiger partial charge in [0, 0.05) is 38.6 Å². The summed E-state index contributed by atoms with van der Waals surface area (Å²) in [5.74, 6) is 0. The zero-order valence-corrected chi connectivity index (χ0v) is 30.9. The SMILES string of the molecule is [2H]c1c([2H])c(N(c2c([2H])c([2H])c(-c3c([2H])c([2H])c([2H])c4c([2H])c([2H])c([2H])c([2H])c34)c([2H])c2[2H])c2cccc3oc4c5ccccc5ccc4c23)c([2H])c([2H])c1-c1ccc2c(c1)c1ccccc1n2-c1ccccc1. The molecule has 0 radical (unpaired) electrons. The first-order valence-electron chi connectivity index (χ1n) is 26.5. The van der Waals surface area contributed by atoms with Crippen molar-refractivity contribution in [1.82, 2.24) is 4.57 Å². The van der Waals surface area contributed by atoms with Crippen molar-refractivity contribution in [1.29, 1.82) is 0 Å². The summed E-state index contributed by atoms with van der Waals surface area (Å²) >= 11 is 0. The number of hydrogen-bond acceptors (Lipinski definition) is 2. The molecule has 0 fully saturated rings. The fourth-order valence-electron chi connectivity index (χ4n) is 8.16. The topological polar surface area (TPSA) is 21.3 Å². The Bertz CT molecular complexity index is 4390. The van der Waals surface area contributed by atoms with E-state index < -0.39 is 124 Å². The summed E-state index contributed by atoms with van der Waals surface area (Å²) in [6, 6.07) is 29.0. The van der Waals surface area contributed by atoms with Gasteiger partial charge in [0.25, 0.3) is 0 Å². The molecule has 0 unspecified atom stereocenters. The molecule has 0 aliphatic rings. The van der Waals surface area contributed by atoms with E-state index in [0.29, 0.717) is 27.5 Å². The summed E-state index contributed by atoms with van der Waals surface area (Å²) in [6.45, 7) is 0. The van der Waals surface area contributed by atoms with E-state index in [4.69, 9.17) is 14.0 Å². The monoisotopic (exact) mass is 767 g/mol. The van der Waals surface area contributed by atoms with Crippen LogP contribution in [0.1, 0.15) is 20.6 Å². The van der Waals surface area contributed by atoms with E-state index in [1.807, 2.05) is 103 Å². The van der Waals surface area contributed by atoms with Gasteiger partial charge in [-0.25, -0.2) is 0 Å². The second kappa shape index (κ2) is 13.4. The van der Waals surface area contributed by atoms with Crippen LogP contribution in [0.5, 0.6) is 0 Å². The molecule has 12 aromatic rings. The van der Waals surface area contributed by atoms with Crippen LogP contribution >= 0.6 is 0 Å². The highest BCUT2D eigenvalue weighted by atomic mass is 16.3. The molecule has 12 rings (SSSR count). The van der Waals surface area contributed by atoms with Crippen molar-refractivity contribution in [2.45, 2.75) is 0 Å². The number of fused-ring (bicyclic) bond motifs is 9. The Balaban J connectivity index is 1.15. The molecule has 2 heterocycles. The standard InChI is InChI=1S/C56H36N2O/c1-2-15-42(16-3-1)58-51-21-9-8-19-48(51)50-36-41(29-35-52(50)58)37-24-30-43(31-25-37)57(44-32-26-40(27-33-44)46-20-10-14-38-12-4-6-17-45(38)46)53-22-11-23-54-55(53)49-34-28-39-13-5-7-18-47(39)56(49)59-54/h1-36H/i4D,6D,10D,12D,14D,17D,20D,24D,25D,26D,27D,30D,31D,32D,33D. The number of rotatable bonds is 6. The Kier molecular flexibility index (Phi) is 4.89. The Morgan fingerprint density at radius 1 is 0.441 bits per heavy atom. The number of nitrogens with zero attached hydrogens (tertiary/aromatic N) is 2. The fourth-order valence-corrected chi connectivity index (χ4v) is 8.16. The van der Waals surface area contributed by atoms with Gasteiger partial charge in [-0.15, -0.1) is 0 Å². The van der Waals surface area contributed by atoms with Gasteiger partial charge in [0.2, 0.25) is 0 Å². The summed E-state index contributed by atoms with van der Waals surface area (Å²) in [6.07, 6.45) is 0. The molecule has 0 N–H and O–H groups in total. The van der Waals surface area contributed by atoms with Crippen LogP contribution in [0.4, 0.5) is 17.1 Å². The van der Waals surface area contributed by atoms with E-state index in [2.05, 4.69) is 4.57 Å². The third-order valence-electron chi connectivity index (χ3n) is 10.8. The van der Waals surface area contributed by atoms with Crippen LogP contribution in [0.2, 0.25) is 0 Å². The third kappa shape index (κ3) is 5.36. The highest BCUT2D eigenvalue weighted by molar-refractivity contribution is 6.19. The first-order chi connectivity index (χ1) is 35.5. The molecule has 0 saturated heterocycles. The molecule has 3 nitrogen and oxygen atoms in total. The normalized spacial score (nSPS) is 15.3. The van der Waals surface area contributed by atoms with E-state index in [1.54, 1.807) is 24.3 Å². The Morgan fingerprint density at radius 2 is 1.15 bits per heavy atom. The summed E-state index contributed by atoms with van der Waals surface area (Å²) in [5, 5.41) is 3.38. The molecule has 0 saturated carbocycles. The minimum Gasteiger partial charge on any atom is -0.455 e. The van der Waals surface area contributed by atoms with Gasteiger partial charge in [0.1, 0.15) is 11.2 Å². The third-order valence-corrected chi connectivity index (χ3v) is 10.8. The lowest BCUT2D eigenvalue weighted by atomic mass is 9.98. The second-order valence-corrected chi connectivity index (χ2v) is 14.1. The van der Waals surface area contributed by atoms with Crippen molar-refractivity contribution in [3.8, 4) is 27.9 Å². The lowest BCUT2D eigenvalue weighted by Gasteiger charge is -2.26. The van der Waals surface area contributed by atoms with Gasteiger partial charge in [-0.2, -0.15) is 0 Å². The predicted octanol–water partition coefficient (Wildman–Crippen LogP) is 15.8. The number of hydrogen-bond donors (Lipinski definition) is 0. The summed E-state index contributed by atoms with van der Waals surface area (Å²) in [5.41, 5.74) is 1.90. The predicted molar refractivity (Wildman–Crippen MR) is 249 cm³/mol. The molecule has 3 heteroatoms. The first-order valence-corrected chi connectivity index (χ1v) is 19.0. The van der Waals surface area contributed by atoms with Crippen molar-refractivity contribution in [3.63, 3.8) is 0 Å². The molecule has 2 aromatic heterocycles. The molecule has 0 amide bonds. The van der Waals surface area contributed by atoms with Gasteiger partial charge in [-0.1, -0.05) is 145 Å². The van der Waals surface area contributed by atoms with Crippen molar-refractivity contribution in [2.75, 3.05) is 4.90 Å². The maximum Gasteiger partial charge on any atom is 0.143 e. The minimum absolute atomic E-state index is 0.0288. The summed E-state index contributed by atoms with van der Waals surface area (Å²) in [4.78, 5) is 1.17. The van der Waals surface area contributed by atoms with E-state index in [1.165, 1.54) is 4.90 Å². The Hall–Kier alpha value is -7.88. The highest BCUT2D eigenvalue weighted by Crippen LogP contribution is 2.45. The van der Waals surface area contributed by atoms with Crippen molar-refractivity contribution >= 4 is 82.4 Å². The van der Waals surface area contributed by atoms with Crippen LogP contribution < -0.4 is 4.90 Å². The molecule has 10 aromatic carbocycles. The zero-order valence-electron chi connectivity index (χ0n) is 45.9. The van der Waals surface area contributed by atoms with Gasteiger partial charge in [0.05, 0.1) is 42.7 Å². The minimum atomic E-state index is -0.810. The van der Waals surface area contributed by atoms with E-state index >= 15 is 0 Å². The summed E-state index contributed by atoms with van der Waals surface area (Å²) in [7, 11) is 0. The molecule has 59 heavy (non-hydrogen) atoms. The van der Waals surface area contributed by atoms with Crippen LogP contribution in [0, 0.1) is 0 Å². The molecule has 0 aliphatic carbocycles. The zero-order chi connectivity index (χ0) is 51.9.